The van der Waals surface area contributed by atoms with Crippen LogP contribution < -0.4 is 0 Å². The van der Waals surface area contributed by atoms with E-state index in [0.717, 1.165) is 25.9 Å². The molecule has 0 unspecified atom stereocenters. The third-order valence-corrected chi connectivity index (χ3v) is 4.14. The fourth-order valence-electron chi connectivity index (χ4n) is 2.87. The van der Waals surface area contributed by atoms with Crippen molar-refractivity contribution in [1.29, 1.82) is 0 Å². The van der Waals surface area contributed by atoms with Crippen LogP contribution in [0, 0.1) is 11.8 Å². The van der Waals surface area contributed by atoms with Crippen molar-refractivity contribution in [2.75, 3.05) is 19.8 Å². The maximum atomic E-state index is 5.83. The largest absolute Gasteiger partial charge is 0.373 e. The number of hydrogen-bond acceptors (Lipinski definition) is 3. The zero-order chi connectivity index (χ0) is 13.5. The van der Waals surface area contributed by atoms with Gasteiger partial charge in [0.2, 0.25) is 0 Å². The summed E-state index contributed by atoms with van der Waals surface area (Å²) in [5.41, 5.74) is 1.65. The molecule has 2 aliphatic rings. The summed E-state index contributed by atoms with van der Waals surface area (Å²) >= 11 is 5.63. The molecule has 1 aliphatic carbocycles. The highest BCUT2D eigenvalue weighted by atomic mass is 35.5. The lowest BCUT2D eigenvalue weighted by Crippen LogP contribution is -2.42. The van der Waals surface area contributed by atoms with Crippen LogP contribution in [0.25, 0.3) is 0 Å². The van der Waals surface area contributed by atoms with Gasteiger partial charge in [-0.15, -0.1) is 0 Å². The fourth-order valence-corrected chi connectivity index (χ4v) is 3.07. The smallest absolute Gasteiger partial charge is 0.160 e. The van der Waals surface area contributed by atoms with E-state index in [-0.39, 0.29) is 12.4 Å². The molecular formula is C15H25ClO3. The fraction of sp³-hybridized carbons (Fsp3) is 0.867. The molecule has 2 fully saturated rings. The monoisotopic (exact) mass is 288 g/mol. The predicted molar refractivity (Wildman–Crippen MR) is 76.2 cm³/mol. The lowest BCUT2D eigenvalue weighted by atomic mass is 9.81. The van der Waals surface area contributed by atoms with Crippen molar-refractivity contribution in [3.05, 3.63) is 11.6 Å². The molecule has 0 spiro atoms. The molecule has 0 N–H and O–H groups in total. The molecule has 3 nitrogen and oxygen atoms in total. The molecule has 1 saturated heterocycles. The summed E-state index contributed by atoms with van der Waals surface area (Å²) in [7, 11) is 0. The highest BCUT2D eigenvalue weighted by Gasteiger charge is 2.32. The average Bonchev–Trinajstić information content (AvgIpc) is 2.47. The maximum absolute atomic E-state index is 5.83. The molecule has 0 aromatic rings. The first-order valence-electron chi connectivity index (χ1n) is 7.45. The SMILES string of the molecule is CCCO[C@H]1CO[C@H]([C@H]2CC[C@H](/C=C/Cl)CC2)OC1. The van der Waals surface area contributed by atoms with Gasteiger partial charge in [0.05, 0.1) is 13.2 Å². The zero-order valence-corrected chi connectivity index (χ0v) is 12.5. The Hall–Kier alpha value is -0.0900. The third-order valence-electron chi connectivity index (χ3n) is 4.00. The van der Waals surface area contributed by atoms with E-state index in [2.05, 4.69) is 13.0 Å². The molecule has 19 heavy (non-hydrogen) atoms. The molecule has 0 bridgehead atoms. The number of halogens is 1. The molecule has 1 aliphatic heterocycles. The summed E-state index contributed by atoms with van der Waals surface area (Å²) in [6.07, 6.45) is 7.94. The number of allylic oxidation sites excluding steroid dienone is 1. The van der Waals surface area contributed by atoms with Gasteiger partial charge in [-0.05, 0) is 38.0 Å². The van der Waals surface area contributed by atoms with E-state index in [1.165, 1.54) is 12.8 Å². The number of rotatable bonds is 5. The quantitative estimate of drug-likeness (QED) is 0.772. The van der Waals surface area contributed by atoms with E-state index in [9.17, 15) is 0 Å². The van der Waals surface area contributed by atoms with Gasteiger partial charge in [-0.1, -0.05) is 24.6 Å². The first kappa shape index (κ1) is 15.3. The highest BCUT2D eigenvalue weighted by Crippen LogP contribution is 2.34. The van der Waals surface area contributed by atoms with Crippen molar-refractivity contribution in [3.63, 3.8) is 0 Å². The van der Waals surface area contributed by atoms with Crippen LogP contribution in [0.15, 0.2) is 11.6 Å². The first-order chi connectivity index (χ1) is 9.33. The number of ether oxygens (including phenoxy) is 3. The summed E-state index contributed by atoms with van der Waals surface area (Å²) in [4.78, 5) is 0. The molecule has 1 heterocycles. The predicted octanol–water partition coefficient (Wildman–Crippen LogP) is 3.71. The summed E-state index contributed by atoms with van der Waals surface area (Å²) in [5, 5.41) is 0. The Morgan fingerprint density at radius 2 is 1.84 bits per heavy atom. The van der Waals surface area contributed by atoms with Crippen LogP contribution in [-0.2, 0) is 14.2 Å². The third kappa shape index (κ3) is 4.75. The Bertz CT molecular complexity index is 267. The van der Waals surface area contributed by atoms with Gasteiger partial charge >= 0.3 is 0 Å². The Labute approximate surface area is 121 Å². The summed E-state index contributed by atoms with van der Waals surface area (Å²) < 4.78 is 17.3. The zero-order valence-electron chi connectivity index (χ0n) is 11.7. The molecule has 0 atom stereocenters. The second-order valence-electron chi connectivity index (χ2n) is 5.52. The molecule has 110 valence electrons. The van der Waals surface area contributed by atoms with Gasteiger partial charge < -0.3 is 14.2 Å². The van der Waals surface area contributed by atoms with Crippen LogP contribution in [0.2, 0.25) is 0 Å². The van der Waals surface area contributed by atoms with Crippen molar-refractivity contribution in [3.8, 4) is 0 Å². The highest BCUT2D eigenvalue weighted by molar-refractivity contribution is 6.25. The lowest BCUT2D eigenvalue weighted by Gasteiger charge is -2.37. The van der Waals surface area contributed by atoms with E-state index in [0.29, 0.717) is 25.0 Å². The number of hydrogen-bond donors (Lipinski definition) is 0. The topological polar surface area (TPSA) is 27.7 Å². The van der Waals surface area contributed by atoms with Gasteiger partial charge in [0, 0.05) is 18.1 Å². The van der Waals surface area contributed by atoms with E-state index in [4.69, 9.17) is 25.8 Å². The van der Waals surface area contributed by atoms with Crippen molar-refractivity contribution in [2.45, 2.75) is 51.4 Å². The van der Waals surface area contributed by atoms with Crippen molar-refractivity contribution < 1.29 is 14.2 Å². The molecule has 2 rings (SSSR count). The molecule has 0 aromatic heterocycles. The standard InChI is InChI=1S/C15H25ClO3/c1-2-9-17-14-10-18-15(19-11-14)13-5-3-12(4-6-13)7-8-16/h7-8,12-15H,2-6,9-11H2,1H3/b8-7+/t12-,13-,14-,15-. The Morgan fingerprint density at radius 3 is 2.42 bits per heavy atom. The molecular weight excluding hydrogens is 264 g/mol. The van der Waals surface area contributed by atoms with Crippen LogP contribution in [-0.4, -0.2) is 32.2 Å². The molecule has 0 aromatic carbocycles. The Balaban J connectivity index is 1.68. The van der Waals surface area contributed by atoms with Crippen LogP contribution in [0.4, 0.5) is 0 Å². The van der Waals surface area contributed by atoms with Crippen molar-refractivity contribution in [1.82, 2.24) is 0 Å². The summed E-state index contributed by atoms with van der Waals surface area (Å²) in [5.74, 6) is 1.17. The first-order valence-corrected chi connectivity index (χ1v) is 7.88. The van der Waals surface area contributed by atoms with Gasteiger partial charge in [-0.25, -0.2) is 0 Å². The van der Waals surface area contributed by atoms with E-state index in [1.807, 2.05) is 0 Å². The minimum atomic E-state index is -0.0255. The van der Waals surface area contributed by atoms with Crippen LogP contribution in [0.1, 0.15) is 39.0 Å². The molecule has 0 radical (unpaired) electrons. The second-order valence-corrected chi connectivity index (χ2v) is 5.77. The maximum Gasteiger partial charge on any atom is 0.160 e. The van der Waals surface area contributed by atoms with Crippen LogP contribution in [0.5, 0.6) is 0 Å². The Morgan fingerprint density at radius 1 is 1.16 bits per heavy atom. The minimum absolute atomic E-state index is 0.0255. The normalized spacial score (nSPS) is 36.7. The minimum Gasteiger partial charge on any atom is -0.373 e. The van der Waals surface area contributed by atoms with E-state index < -0.39 is 0 Å². The lowest BCUT2D eigenvalue weighted by molar-refractivity contribution is -0.249. The van der Waals surface area contributed by atoms with Gasteiger partial charge in [-0.2, -0.15) is 0 Å². The van der Waals surface area contributed by atoms with Crippen molar-refractivity contribution >= 4 is 11.6 Å². The van der Waals surface area contributed by atoms with Crippen molar-refractivity contribution in [2.24, 2.45) is 11.8 Å². The van der Waals surface area contributed by atoms with Gasteiger partial charge in [0.15, 0.2) is 6.29 Å². The van der Waals surface area contributed by atoms with Crippen LogP contribution in [0.3, 0.4) is 0 Å². The van der Waals surface area contributed by atoms with E-state index in [1.54, 1.807) is 5.54 Å². The van der Waals surface area contributed by atoms with E-state index >= 15 is 0 Å². The summed E-state index contributed by atoms with van der Waals surface area (Å²) in [6.45, 7) is 4.25. The molecule has 0 amide bonds. The second kappa shape index (κ2) is 8.25. The molecule has 4 heteroatoms. The average molecular weight is 289 g/mol. The molecule has 1 saturated carbocycles. The van der Waals surface area contributed by atoms with Gasteiger partial charge in [0.25, 0.3) is 0 Å². The Kier molecular flexibility index (Phi) is 6.65. The van der Waals surface area contributed by atoms with Gasteiger partial charge in [0.1, 0.15) is 6.10 Å². The van der Waals surface area contributed by atoms with Gasteiger partial charge in [-0.3, -0.25) is 0 Å². The van der Waals surface area contributed by atoms with Crippen LogP contribution >= 0.6 is 11.6 Å². The summed E-state index contributed by atoms with van der Waals surface area (Å²) in [6, 6.07) is 0.